The van der Waals surface area contributed by atoms with E-state index >= 15 is 0 Å². The van der Waals surface area contributed by atoms with Gasteiger partial charge in [0, 0.05) is 11.8 Å². The predicted octanol–water partition coefficient (Wildman–Crippen LogP) is 4.84. The van der Waals surface area contributed by atoms with Gasteiger partial charge in [-0.05, 0) is 67.5 Å². The third-order valence-electron chi connectivity index (χ3n) is 3.75. The normalized spacial score (nSPS) is 10.7. The van der Waals surface area contributed by atoms with Crippen molar-refractivity contribution in [2.45, 2.75) is 13.8 Å². The Kier molecular flexibility index (Phi) is 3.81. The second-order valence-electron chi connectivity index (χ2n) is 5.18. The molecule has 3 rings (SSSR count). The molecule has 0 radical (unpaired) electrons. The van der Waals surface area contributed by atoms with Crippen molar-refractivity contribution in [3.8, 4) is 11.3 Å². The molecule has 0 spiro atoms. The van der Waals surface area contributed by atoms with E-state index in [4.69, 9.17) is 12.2 Å². The second-order valence-corrected chi connectivity index (χ2v) is 5.57. The van der Waals surface area contributed by atoms with Crippen molar-refractivity contribution in [1.82, 2.24) is 9.66 Å². The molecule has 0 aliphatic rings. The molecule has 5 heteroatoms. The molecule has 0 amide bonds. The van der Waals surface area contributed by atoms with E-state index in [1.165, 1.54) is 17.7 Å². The second kappa shape index (κ2) is 5.77. The fourth-order valence-electron chi connectivity index (χ4n) is 2.31. The summed E-state index contributed by atoms with van der Waals surface area (Å²) in [5.41, 5.74) is 8.42. The van der Waals surface area contributed by atoms with E-state index in [9.17, 15) is 4.39 Å². The van der Waals surface area contributed by atoms with Crippen molar-refractivity contribution in [1.29, 1.82) is 0 Å². The Morgan fingerprint density at radius 2 is 1.82 bits per heavy atom. The monoisotopic (exact) mass is 313 g/mol. The molecule has 1 aromatic heterocycles. The number of hydrogen-bond acceptors (Lipinski definition) is 2. The van der Waals surface area contributed by atoms with Crippen molar-refractivity contribution >= 4 is 17.9 Å². The predicted molar refractivity (Wildman–Crippen MR) is 89.9 cm³/mol. The van der Waals surface area contributed by atoms with Gasteiger partial charge < -0.3 is 4.98 Å². The van der Waals surface area contributed by atoms with Gasteiger partial charge in [-0.3, -0.25) is 5.43 Å². The third kappa shape index (κ3) is 2.67. The maximum Gasteiger partial charge on any atom is 0.196 e. The average Bonchev–Trinajstić information content (AvgIpc) is 2.86. The van der Waals surface area contributed by atoms with Gasteiger partial charge in [0.1, 0.15) is 5.82 Å². The van der Waals surface area contributed by atoms with Crippen LogP contribution in [0.15, 0.2) is 48.7 Å². The largest absolute Gasteiger partial charge is 0.335 e. The number of imidazole rings is 1. The van der Waals surface area contributed by atoms with Gasteiger partial charge in [0.2, 0.25) is 0 Å². The lowest BCUT2D eigenvalue weighted by atomic mass is 10.1. The van der Waals surface area contributed by atoms with Crippen LogP contribution in [0, 0.1) is 24.4 Å². The van der Waals surface area contributed by atoms with Crippen LogP contribution in [-0.4, -0.2) is 9.66 Å². The molecule has 0 saturated carbocycles. The minimum absolute atomic E-state index is 0.257. The van der Waals surface area contributed by atoms with Crippen molar-refractivity contribution in [3.05, 3.63) is 70.4 Å². The first kappa shape index (κ1) is 14.5. The van der Waals surface area contributed by atoms with E-state index in [1.54, 1.807) is 16.8 Å². The minimum Gasteiger partial charge on any atom is -0.335 e. The number of halogens is 1. The Morgan fingerprint density at radius 3 is 2.55 bits per heavy atom. The third-order valence-corrected chi connectivity index (χ3v) is 4.05. The summed E-state index contributed by atoms with van der Waals surface area (Å²) in [6.45, 7) is 4.13. The molecular formula is C17H16FN3S. The molecule has 0 bridgehead atoms. The molecule has 1 heterocycles. The van der Waals surface area contributed by atoms with Crippen LogP contribution in [0.4, 0.5) is 10.1 Å². The number of aromatic amines is 1. The highest BCUT2D eigenvalue weighted by Gasteiger charge is 2.09. The molecule has 0 aliphatic carbocycles. The SMILES string of the molecule is Cc1cccc(Nn2c(-c3ccc(F)cc3)c[nH]c2=S)c1C. The molecule has 3 aromatic rings. The topological polar surface area (TPSA) is 32.8 Å². The maximum absolute atomic E-state index is 13.1. The van der Waals surface area contributed by atoms with Crippen molar-refractivity contribution in [2.24, 2.45) is 0 Å². The van der Waals surface area contributed by atoms with Crippen LogP contribution in [-0.2, 0) is 0 Å². The van der Waals surface area contributed by atoms with Gasteiger partial charge in [-0.1, -0.05) is 12.1 Å². The smallest absolute Gasteiger partial charge is 0.196 e. The summed E-state index contributed by atoms with van der Waals surface area (Å²) < 4.78 is 15.5. The molecule has 112 valence electrons. The Balaban J connectivity index is 2.05. The Bertz CT molecular complexity index is 862. The summed E-state index contributed by atoms with van der Waals surface area (Å²) in [5, 5.41) is 0. The lowest BCUT2D eigenvalue weighted by molar-refractivity contribution is 0.628. The summed E-state index contributed by atoms with van der Waals surface area (Å²) in [4.78, 5) is 3.03. The number of aromatic nitrogens is 2. The summed E-state index contributed by atoms with van der Waals surface area (Å²) in [7, 11) is 0. The van der Waals surface area contributed by atoms with Crippen LogP contribution in [0.25, 0.3) is 11.3 Å². The summed E-state index contributed by atoms with van der Waals surface area (Å²) in [6, 6.07) is 12.4. The first-order chi connectivity index (χ1) is 10.6. The number of rotatable bonds is 3. The van der Waals surface area contributed by atoms with Gasteiger partial charge in [0.15, 0.2) is 4.77 Å². The zero-order valence-electron chi connectivity index (χ0n) is 12.4. The van der Waals surface area contributed by atoms with Gasteiger partial charge in [-0.15, -0.1) is 0 Å². The fraction of sp³-hybridized carbons (Fsp3) is 0.118. The molecule has 0 aliphatic heterocycles. The lowest BCUT2D eigenvalue weighted by Gasteiger charge is -2.14. The lowest BCUT2D eigenvalue weighted by Crippen LogP contribution is -2.12. The highest BCUT2D eigenvalue weighted by molar-refractivity contribution is 7.71. The molecule has 3 nitrogen and oxygen atoms in total. The van der Waals surface area contributed by atoms with E-state index in [1.807, 2.05) is 18.3 Å². The molecule has 22 heavy (non-hydrogen) atoms. The molecule has 2 N–H and O–H groups in total. The van der Waals surface area contributed by atoms with Crippen LogP contribution in [0.2, 0.25) is 0 Å². The number of H-pyrrole nitrogens is 1. The average molecular weight is 313 g/mol. The van der Waals surface area contributed by atoms with Crippen molar-refractivity contribution < 1.29 is 4.39 Å². The Morgan fingerprint density at radius 1 is 1.09 bits per heavy atom. The molecule has 2 aromatic carbocycles. The first-order valence-electron chi connectivity index (χ1n) is 6.96. The van der Waals surface area contributed by atoms with Gasteiger partial charge in [0.05, 0.1) is 11.4 Å². The van der Waals surface area contributed by atoms with E-state index in [0.717, 1.165) is 22.5 Å². The quantitative estimate of drug-likeness (QED) is 0.678. The number of benzene rings is 2. The van der Waals surface area contributed by atoms with E-state index < -0.39 is 0 Å². The van der Waals surface area contributed by atoms with Gasteiger partial charge in [0.25, 0.3) is 0 Å². The van der Waals surface area contributed by atoms with E-state index in [2.05, 4.69) is 30.3 Å². The molecule has 0 atom stereocenters. The summed E-state index contributed by atoms with van der Waals surface area (Å²) >= 11 is 5.34. The summed E-state index contributed by atoms with van der Waals surface area (Å²) in [6.07, 6.45) is 1.81. The minimum atomic E-state index is -0.257. The molecule has 0 fully saturated rings. The molecule has 0 saturated heterocycles. The summed E-state index contributed by atoms with van der Waals surface area (Å²) in [5.74, 6) is -0.257. The fourth-order valence-corrected chi connectivity index (χ4v) is 2.51. The van der Waals surface area contributed by atoms with Crippen LogP contribution < -0.4 is 5.43 Å². The van der Waals surface area contributed by atoms with Crippen LogP contribution >= 0.6 is 12.2 Å². The zero-order chi connectivity index (χ0) is 15.7. The van der Waals surface area contributed by atoms with Crippen LogP contribution in [0.1, 0.15) is 11.1 Å². The standard InChI is InChI=1S/C17H16FN3S/c1-11-4-3-5-15(12(11)2)20-21-16(10-19-17(21)22)13-6-8-14(18)9-7-13/h3-10,20H,1-2H3,(H,19,22). The van der Waals surface area contributed by atoms with Gasteiger partial charge in [-0.2, -0.15) is 0 Å². The van der Waals surface area contributed by atoms with Crippen LogP contribution in [0.5, 0.6) is 0 Å². The molecule has 0 unspecified atom stereocenters. The highest BCUT2D eigenvalue weighted by atomic mass is 32.1. The van der Waals surface area contributed by atoms with Crippen molar-refractivity contribution in [3.63, 3.8) is 0 Å². The number of anilines is 1. The number of aryl methyl sites for hydroxylation is 1. The molecular weight excluding hydrogens is 297 g/mol. The van der Waals surface area contributed by atoms with Crippen LogP contribution in [0.3, 0.4) is 0 Å². The Labute approximate surface area is 133 Å². The maximum atomic E-state index is 13.1. The van der Waals surface area contributed by atoms with E-state index in [-0.39, 0.29) is 5.82 Å². The first-order valence-corrected chi connectivity index (χ1v) is 7.36. The number of hydrogen-bond donors (Lipinski definition) is 2. The number of nitrogens with one attached hydrogen (secondary N) is 2. The van der Waals surface area contributed by atoms with Gasteiger partial charge in [-0.25, -0.2) is 9.07 Å². The number of nitrogens with zero attached hydrogens (tertiary/aromatic N) is 1. The van der Waals surface area contributed by atoms with Gasteiger partial charge >= 0.3 is 0 Å². The van der Waals surface area contributed by atoms with Crippen molar-refractivity contribution in [2.75, 3.05) is 5.43 Å². The van der Waals surface area contributed by atoms with E-state index in [0.29, 0.717) is 4.77 Å². The highest BCUT2D eigenvalue weighted by Crippen LogP contribution is 2.23. The zero-order valence-corrected chi connectivity index (χ0v) is 13.2. The Hall–Kier alpha value is -2.40.